The van der Waals surface area contributed by atoms with Crippen molar-refractivity contribution in [3.63, 3.8) is 0 Å². The number of nitrogens with zero attached hydrogens (tertiary/aromatic N) is 2. The zero-order chi connectivity index (χ0) is 15.4. The Balaban J connectivity index is 2.63. The van der Waals surface area contributed by atoms with E-state index in [4.69, 9.17) is 0 Å². The van der Waals surface area contributed by atoms with Crippen LogP contribution in [0.2, 0.25) is 0 Å². The lowest BCUT2D eigenvalue weighted by atomic mass is 9.99. The van der Waals surface area contributed by atoms with Crippen LogP contribution < -0.4 is 0 Å². The Morgan fingerprint density at radius 1 is 1.24 bits per heavy atom. The lowest BCUT2D eigenvalue weighted by Crippen LogP contribution is -2.23. The molecular formula is C17H18N2O2. The monoisotopic (exact) mass is 282 g/mol. The lowest BCUT2D eigenvalue weighted by Gasteiger charge is -2.13. The average Bonchev–Trinajstić information content (AvgIpc) is 2.44. The van der Waals surface area contributed by atoms with Gasteiger partial charge in [0.15, 0.2) is 0 Å². The van der Waals surface area contributed by atoms with E-state index in [-0.39, 0.29) is 5.57 Å². The molecule has 0 fully saturated rings. The Hall–Kier alpha value is -2.49. The summed E-state index contributed by atoms with van der Waals surface area (Å²) in [7, 11) is 0. The second-order valence-corrected chi connectivity index (χ2v) is 4.81. The molecule has 4 heteroatoms. The molecule has 1 aromatic rings. The van der Waals surface area contributed by atoms with Crippen LogP contribution in [0.15, 0.2) is 52.0 Å². The van der Waals surface area contributed by atoms with Crippen molar-refractivity contribution < 1.29 is 9.90 Å². The van der Waals surface area contributed by atoms with E-state index < -0.39 is 5.97 Å². The second kappa shape index (κ2) is 6.31. The minimum Gasteiger partial charge on any atom is -0.478 e. The number of hydrogen-bond donors (Lipinski definition) is 1. The van der Waals surface area contributed by atoms with Crippen LogP contribution >= 0.6 is 0 Å². The summed E-state index contributed by atoms with van der Waals surface area (Å²) in [5, 5.41) is 9.37. The Bertz CT molecular complexity index is 674. The maximum absolute atomic E-state index is 11.4. The number of aliphatic imine (C=N–C) groups is 2. The number of benzene rings is 1. The van der Waals surface area contributed by atoms with Crippen LogP contribution in [0.1, 0.15) is 18.1 Å². The highest BCUT2D eigenvalue weighted by molar-refractivity contribution is 6.57. The quantitative estimate of drug-likeness (QED) is 0.863. The van der Waals surface area contributed by atoms with Crippen LogP contribution in [-0.2, 0) is 4.79 Å². The highest BCUT2D eigenvalue weighted by atomic mass is 16.4. The normalized spacial score (nSPS) is 18.1. The van der Waals surface area contributed by atoms with E-state index in [1.807, 2.05) is 39.0 Å². The maximum Gasteiger partial charge on any atom is 0.337 e. The van der Waals surface area contributed by atoms with E-state index in [1.54, 1.807) is 18.2 Å². The van der Waals surface area contributed by atoms with Crippen molar-refractivity contribution in [2.75, 3.05) is 6.54 Å². The third-order valence-corrected chi connectivity index (χ3v) is 3.24. The Kier molecular flexibility index (Phi) is 4.48. The fourth-order valence-electron chi connectivity index (χ4n) is 2.21. The van der Waals surface area contributed by atoms with E-state index in [2.05, 4.69) is 9.98 Å². The van der Waals surface area contributed by atoms with Gasteiger partial charge < -0.3 is 5.11 Å². The molecule has 1 aliphatic carbocycles. The minimum absolute atomic E-state index is 0.173. The lowest BCUT2D eigenvalue weighted by molar-refractivity contribution is -0.132. The van der Waals surface area contributed by atoms with Gasteiger partial charge in [0.1, 0.15) is 5.71 Å². The van der Waals surface area contributed by atoms with Gasteiger partial charge in [-0.15, -0.1) is 0 Å². The Morgan fingerprint density at radius 2 is 1.90 bits per heavy atom. The second-order valence-electron chi connectivity index (χ2n) is 4.81. The summed E-state index contributed by atoms with van der Waals surface area (Å²) in [5.41, 5.74) is 4.03. The van der Waals surface area contributed by atoms with E-state index in [9.17, 15) is 9.90 Å². The molecule has 0 aromatic heterocycles. The summed E-state index contributed by atoms with van der Waals surface area (Å²) in [6.07, 6.45) is 5.05. The number of carboxylic acid groups (broad SMARTS) is 1. The van der Waals surface area contributed by atoms with Crippen molar-refractivity contribution in [3.8, 4) is 0 Å². The summed E-state index contributed by atoms with van der Waals surface area (Å²) in [5.74, 6) is -0.992. The number of para-hydroxylation sites is 1. The summed E-state index contributed by atoms with van der Waals surface area (Å²) < 4.78 is 0. The van der Waals surface area contributed by atoms with E-state index in [1.165, 1.54) is 0 Å². The van der Waals surface area contributed by atoms with Gasteiger partial charge in [-0.25, -0.2) is 9.79 Å². The number of aliphatic carboxylic acids is 1. The number of aryl methyl sites for hydroxylation is 2. The van der Waals surface area contributed by atoms with Gasteiger partial charge >= 0.3 is 5.97 Å². The molecule has 0 radical (unpaired) electrons. The predicted molar refractivity (Wildman–Crippen MR) is 85.8 cm³/mol. The third kappa shape index (κ3) is 3.16. The summed E-state index contributed by atoms with van der Waals surface area (Å²) in [6.45, 7) is 6.42. The first-order valence-corrected chi connectivity index (χ1v) is 6.86. The van der Waals surface area contributed by atoms with Gasteiger partial charge in [0.25, 0.3) is 0 Å². The standard InChI is InChI=1S/C17H18N2O2/c1-4-18-14-10-6-9-13(17(20)21)16(14)19-15-11(2)7-5-8-12(15)3/h5-10H,4H2,1-3H3,(H,20,21)/b18-14+,19-16-. The molecule has 4 nitrogen and oxygen atoms in total. The van der Waals surface area contributed by atoms with Crippen LogP contribution in [0.5, 0.6) is 0 Å². The molecule has 0 aliphatic heterocycles. The van der Waals surface area contributed by atoms with Gasteiger partial charge in [0.05, 0.1) is 17.0 Å². The predicted octanol–water partition coefficient (Wildman–Crippen LogP) is 3.42. The van der Waals surface area contributed by atoms with Crippen LogP contribution in [0, 0.1) is 13.8 Å². The van der Waals surface area contributed by atoms with Gasteiger partial charge in [-0.05, 0) is 44.1 Å². The first-order chi connectivity index (χ1) is 10.0. The SMILES string of the molecule is CC/N=C1\C=CC=C(C(=O)O)\C1=N\c1c(C)cccc1C. The number of allylic oxidation sites excluding steroid dienone is 3. The molecule has 2 rings (SSSR count). The van der Waals surface area contributed by atoms with Crippen molar-refractivity contribution in [2.24, 2.45) is 9.98 Å². The molecule has 0 saturated heterocycles. The van der Waals surface area contributed by atoms with Crippen molar-refractivity contribution in [2.45, 2.75) is 20.8 Å². The molecule has 108 valence electrons. The molecule has 0 heterocycles. The van der Waals surface area contributed by atoms with Crippen molar-refractivity contribution in [1.82, 2.24) is 0 Å². The fourth-order valence-corrected chi connectivity index (χ4v) is 2.21. The van der Waals surface area contributed by atoms with Gasteiger partial charge in [-0.2, -0.15) is 0 Å². The van der Waals surface area contributed by atoms with Crippen LogP contribution in [0.25, 0.3) is 0 Å². The topological polar surface area (TPSA) is 62.0 Å². The zero-order valence-corrected chi connectivity index (χ0v) is 12.4. The maximum atomic E-state index is 11.4. The molecule has 21 heavy (non-hydrogen) atoms. The smallest absolute Gasteiger partial charge is 0.337 e. The number of hydrogen-bond acceptors (Lipinski definition) is 3. The van der Waals surface area contributed by atoms with Gasteiger partial charge in [0.2, 0.25) is 0 Å². The van der Waals surface area contributed by atoms with E-state index >= 15 is 0 Å². The fraction of sp³-hybridized carbons (Fsp3) is 0.235. The Labute approximate surface area is 124 Å². The molecule has 0 amide bonds. The molecular weight excluding hydrogens is 264 g/mol. The third-order valence-electron chi connectivity index (χ3n) is 3.24. The molecule has 0 atom stereocenters. The van der Waals surface area contributed by atoms with Gasteiger partial charge in [-0.3, -0.25) is 4.99 Å². The largest absolute Gasteiger partial charge is 0.478 e. The minimum atomic E-state index is -0.992. The van der Waals surface area contributed by atoms with Crippen LogP contribution in [-0.4, -0.2) is 29.0 Å². The summed E-state index contributed by atoms with van der Waals surface area (Å²) >= 11 is 0. The van der Waals surface area contributed by atoms with E-state index in [0.29, 0.717) is 18.0 Å². The van der Waals surface area contributed by atoms with Crippen LogP contribution in [0.3, 0.4) is 0 Å². The number of rotatable bonds is 3. The summed E-state index contributed by atoms with van der Waals surface area (Å²) in [4.78, 5) is 20.4. The molecule has 1 aromatic carbocycles. The average molecular weight is 282 g/mol. The van der Waals surface area contributed by atoms with Crippen LogP contribution in [0.4, 0.5) is 5.69 Å². The molecule has 0 bridgehead atoms. The molecule has 1 N–H and O–H groups in total. The molecule has 0 unspecified atom stereocenters. The zero-order valence-electron chi connectivity index (χ0n) is 12.4. The first-order valence-electron chi connectivity index (χ1n) is 6.86. The first kappa shape index (κ1) is 14.9. The number of carbonyl (C=O) groups is 1. The summed E-state index contributed by atoms with van der Waals surface area (Å²) in [6, 6.07) is 5.89. The van der Waals surface area contributed by atoms with Gasteiger partial charge in [0, 0.05) is 6.54 Å². The van der Waals surface area contributed by atoms with Crippen molar-refractivity contribution in [3.05, 3.63) is 53.1 Å². The van der Waals surface area contributed by atoms with E-state index in [0.717, 1.165) is 16.8 Å². The molecule has 0 saturated carbocycles. The highest BCUT2D eigenvalue weighted by Gasteiger charge is 2.21. The van der Waals surface area contributed by atoms with Crippen molar-refractivity contribution >= 4 is 23.1 Å². The number of carboxylic acids is 1. The Morgan fingerprint density at radius 3 is 2.48 bits per heavy atom. The highest BCUT2D eigenvalue weighted by Crippen LogP contribution is 2.25. The molecule has 1 aliphatic rings. The van der Waals surface area contributed by atoms with Gasteiger partial charge in [-0.1, -0.05) is 24.3 Å². The molecule has 0 spiro atoms. The van der Waals surface area contributed by atoms with Crippen molar-refractivity contribution in [1.29, 1.82) is 0 Å².